The van der Waals surface area contributed by atoms with Gasteiger partial charge >= 0.3 is 15.7 Å². The fourth-order valence-electron chi connectivity index (χ4n) is 2.33. The van der Waals surface area contributed by atoms with Gasteiger partial charge in [-0.25, -0.2) is 0 Å². The van der Waals surface area contributed by atoms with Gasteiger partial charge in [0.25, 0.3) is 0 Å². The highest BCUT2D eigenvalue weighted by atomic mass is 27.1. The summed E-state index contributed by atoms with van der Waals surface area (Å²) in [4.78, 5) is 4.66. The van der Waals surface area contributed by atoms with Gasteiger partial charge in [-0.15, -0.1) is 0 Å². The second kappa shape index (κ2) is 8.61. The topological polar surface area (TPSA) is 13.0 Å². The van der Waals surface area contributed by atoms with Crippen LogP contribution in [0.15, 0.2) is 0 Å². The molecule has 0 aromatic carbocycles. The monoisotopic (exact) mass is 284 g/mol. The van der Waals surface area contributed by atoms with Crippen molar-refractivity contribution in [2.45, 2.75) is 38.8 Å². The number of nitrogens with zero attached hydrogens (tertiary/aromatic N) is 4. The van der Waals surface area contributed by atoms with Gasteiger partial charge in [0.05, 0.1) is 0 Å². The van der Waals surface area contributed by atoms with Crippen LogP contribution in [0.4, 0.5) is 0 Å². The smallest absolute Gasteiger partial charge is 0.373 e. The van der Waals surface area contributed by atoms with E-state index in [1.54, 1.807) is 0 Å². The molecule has 0 saturated carbocycles. The quantitative estimate of drug-likeness (QED) is 0.604. The van der Waals surface area contributed by atoms with E-state index in [2.05, 4.69) is 59.6 Å². The van der Waals surface area contributed by atoms with Gasteiger partial charge in [0, 0.05) is 12.1 Å². The van der Waals surface area contributed by atoms with Crippen molar-refractivity contribution < 1.29 is 0 Å². The molecule has 0 aliphatic carbocycles. The fourth-order valence-corrected chi connectivity index (χ4v) is 4.11. The van der Waals surface area contributed by atoms with Crippen molar-refractivity contribution in [2.24, 2.45) is 0 Å². The first-order chi connectivity index (χ1) is 8.90. The molecule has 5 heteroatoms. The SMILES string of the molecule is CC(CC[N]1CC[N](CCC(C)N(C)C)[AlH]1)N(C)C. The average molecular weight is 284 g/mol. The Labute approximate surface area is 126 Å². The Balaban J connectivity index is 2.16. The third-order valence-electron chi connectivity index (χ3n) is 4.62. The van der Waals surface area contributed by atoms with Crippen LogP contribution in [-0.2, 0) is 0 Å². The minimum atomic E-state index is -0.134. The molecular weight excluding hydrogens is 251 g/mol. The first kappa shape index (κ1) is 17.4. The summed E-state index contributed by atoms with van der Waals surface area (Å²) in [5.41, 5.74) is 0. The summed E-state index contributed by atoms with van der Waals surface area (Å²) < 4.78 is 5.47. The van der Waals surface area contributed by atoms with Crippen LogP contribution in [0.5, 0.6) is 0 Å². The van der Waals surface area contributed by atoms with E-state index in [0.29, 0.717) is 12.1 Å². The molecule has 0 amide bonds. The third-order valence-corrected chi connectivity index (χ3v) is 6.69. The van der Waals surface area contributed by atoms with Gasteiger partial charge < -0.3 is 17.6 Å². The van der Waals surface area contributed by atoms with Crippen LogP contribution in [0.25, 0.3) is 0 Å². The lowest BCUT2D eigenvalue weighted by atomic mass is 10.2. The lowest BCUT2D eigenvalue weighted by Crippen LogP contribution is -2.36. The molecular formula is C14H33AlN4. The molecule has 1 fully saturated rings. The first-order valence-electron chi connectivity index (χ1n) is 7.67. The summed E-state index contributed by atoms with van der Waals surface area (Å²) >= 11 is -0.134. The van der Waals surface area contributed by atoms with E-state index in [-0.39, 0.29) is 15.7 Å². The van der Waals surface area contributed by atoms with E-state index in [1.807, 2.05) is 0 Å². The Bertz CT molecular complexity index is 224. The molecule has 0 aromatic rings. The number of rotatable bonds is 8. The third kappa shape index (κ3) is 6.57. The van der Waals surface area contributed by atoms with Crippen LogP contribution in [0.3, 0.4) is 0 Å². The van der Waals surface area contributed by atoms with E-state index in [9.17, 15) is 0 Å². The van der Waals surface area contributed by atoms with Crippen molar-refractivity contribution in [1.29, 1.82) is 0 Å². The highest BCUT2D eigenvalue weighted by molar-refractivity contribution is 6.29. The van der Waals surface area contributed by atoms with Gasteiger partial charge in [0.2, 0.25) is 0 Å². The van der Waals surface area contributed by atoms with E-state index >= 15 is 0 Å². The minimum absolute atomic E-state index is 0.134. The maximum absolute atomic E-state index is 2.74. The van der Waals surface area contributed by atoms with E-state index in [0.717, 1.165) is 0 Å². The van der Waals surface area contributed by atoms with Crippen LogP contribution >= 0.6 is 0 Å². The van der Waals surface area contributed by atoms with Crippen molar-refractivity contribution in [3.8, 4) is 0 Å². The molecule has 4 nitrogen and oxygen atoms in total. The molecule has 1 aliphatic rings. The summed E-state index contributed by atoms with van der Waals surface area (Å²) in [5, 5.41) is 0. The van der Waals surface area contributed by atoms with Crippen LogP contribution in [-0.4, -0.2) is 99.7 Å². The zero-order chi connectivity index (χ0) is 14.4. The normalized spacial score (nSPS) is 21.1. The molecule has 0 spiro atoms. The molecule has 1 rings (SSSR count). The lowest BCUT2D eigenvalue weighted by Gasteiger charge is -2.24. The molecule has 112 valence electrons. The lowest BCUT2D eigenvalue weighted by molar-refractivity contribution is 0.279. The zero-order valence-corrected chi connectivity index (χ0v) is 15.3. The minimum Gasteiger partial charge on any atom is -0.373 e. The molecule has 1 aliphatic heterocycles. The second-order valence-corrected chi connectivity index (χ2v) is 8.65. The summed E-state index contributed by atoms with van der Waals surface area (Å²) in [7, 11) is 8.73. The molecule has 0 radical (unpaired) electrons. The molecule has 19 heavy (non-hydrogen) atoms. The van der Waals surface area contributed by atoms with E-state index in [1.165, 1.54) is 39.0 Å². The summed E-state index contributed by atoms with van der Waals surface area (Å²) in [6, 6.07) is 1.41. The number of hydrogen-bond donors (Lipinski definition) is 0. The predicted molar refractivity (Wildman–Crippen MR) is 85.8 cm³/mol. The van der Waals surface area contributed by atoms with E-state index < -0.39 is 0 Å². The molecule has 0 aromatic heterocycles. The van der Waals surface area contributed by atoms with Crippen molar-refractivity contribution in [1.82, 2.24) is 17.6 Å². The standard InChI is InChI=1S/C14H32N4.Al.H/c1-13(17(3)4)7-9-15-11-12-16-10-8-14(2)18(5)6;;/h13-14H,7-12H2,1-6H3;;/q-2;+2;. The Morgan fingerprint density at radius 3 is 1.53 bits per heavy atom. The second-order valence-electron chi connectivity index (χ2n) is 6.58. The Kier molecular flexibility index (Phi) is 7.90. The largest absolute Gasteiger partial charge is 0.463 e. The maximum Gasteiger partial charge on any atom is 0.463 e. The van der Waals surface area contributed by atoms with Crippen LogP contribution in [0.1, 0.15) is 26.7 Å². The fraction of sp³-hybridized carbons (Fsp3) is 1.00. The molecule has 0 bridgehead atoms. The molecule has 2 unspecified atom stereocenters. The van der Waals surface area contributed by atoms with Gasteiger partial charge in [-0.05, 0) is 81.1 Å². The van der Waals surface area contributed by atoms with Gasteiger partial charge in [-0.3, -0.25) is 0 Å². The first-order valence-corrected chi connectivity index (χ1v) is 8.94. The molecule has 1 saturated heterocycles. The zero-order valence-electron chi connectivity index (χ0n) is 13.9. The van der Waals surface area contributed by atoms with Gasteiger partial charge in [-0.2, -0.15) is 0 Å². The van der Waals surface area contributed by atoms with E-state index in [4.69, 9.17) is 0 Å². The maximum atomic E-state index is 2.74. The Hall–Kier alpha value is 0.372. The van der Waals surface area contributed by atoms with Crippen molar-refractivity contribution in [3.05, 3.63) is 0 Å². The van der Waals surface area contributed by atoms with Gasteiger partial charge in [0.1, 0.15) is 0 Å². The molecule has 2 atom stereocenters. The highest BCUT2D eigenvalue weighted by Gasteiger charge is 2.24. The molecule has 1 heterocycles. The highest BCUT2D eigenvalue weighted by Crippen LogP contribution is 2.08. The van der Waals surface area contributed by atoms with Crippen molar-refractivity contribution in [2.75, 3.05) is 54.4 Å². The van der Waals surface area contributed by atoms with Crippen molar-refractivity contribution >= 4 is 15.7 Å². The molecule has 0 N–H and O–H groups in total. The summed E-state index contributed by atoms with van der Waals surface area (Å²) in [6.45, 7) is 9.87. The summed E-state index contributed by atoms with van der Waals surface area (Å²) in [6.07, 6.45) is 2.61. The van der Waals surface area contributed by atoms with Gasteiger partial charge in [0.15, 0.2) is 0 Å². The summed E-state index contributed by atoms with van der Waals surface area (Å²) in [5.74, 6) is 0. The van der Waals surface area contributed by atoms with Crippen LogP contribution < -0.4 is 0 Å². The van der Waals surface area contributed by atoms with Gasteiger partial charge in [-0.1, -0.05) is 0 Å². The average Bonchev–Trinajstić information content (AvgIpc) is 2.80. The van der Waals surface area contributed by atoms with Crippen LogP contribution in [0.2, 0.25) is 0 Å². The Morgan fingerprint density at radius 1 is 0.842 bits per heavy atom. The van der Waals surface area contributed by atoms with Crippen LogP contribution in [0, 0.1) is 0 Å². The van der Waals surface area contributed by atoms with Crippen molar-refractivity contribution in [3.63, 3.8) is 0 Å². The Morgan fingerprint density at radius 2 is 1.21 bits per heavy atom. The number of hydrogen-bond acceptors (Lipinski definition) is 4. The predicted octanol–water partition coefficient (Wildman–Crippen LogP) is 0.551.